The second kappa shape index (κ2) is 5.66. The maximum atomic E-state index is 12.4. The molecule has 3 rings (SSSR count). The Morgan fingerprint density at radius 1 is 1.40 bits per heavy atom. The molecule has 1 aromatic heterocycles. The number of hydrogen-bond donors (Lipinski definition) is 0. The lowest BCUT2D eigenvalue weighted by Crippen LogP contribution is -2.36. The third-order valence-electron chi connectivity index (χ3n) is 3.41. The predicted molar refractivity (Wildman–Crippen MR) is 78.8 cm³/mol. The SMILES string of the molecule is Cn1cnnc1SCC(=O)N1CCCc2ccccc21. The van der Waals surface area contributed by atoms with E-state index in [0.717, 1.165) is 30.2 Å². The quantitative estimate of drug-likeness (QED) is 0.809. The van der Waals surface area contributed by atoms with Crippen molar-refractivity contribution in [1.29, 1.82) is 0 Å². The Morgan fingerprint density at radius 3 is 3.05 bits per heavy atom. The Kier molecular flexibility index (Phi) is 3.73. The van der Waals surface area contributed by atoms with Gasteiger partial charge in [-0.25, -0.2) is 0 Å². The molecule has 0 N–H and O–H groups in total. The van der Waals surface area contributed by atoms with Crippen LogP contribution in [0.15, 0.2) is 35.7 Å². The summed E-state index contributed by atoms with van der Waals surface area (Å²) < 4.78 is 1.82. The summed E-state index contributed by atoms with van der Waals surface area (Å²) in [6.45, 7) is 0.801. The molecule has 1 amide bonds. The Bertz CT molecular complexity index is 625. The van der Waals surface area contributed by atoms with Gasteiger partial charge in [-0.15, -0.1) is 10.2 Å². The number of carbonyl (C=O) groups excluding carboxylic acids is 1. The number of hydrogen-bond acceptors (Lipinski definition) is 4. The highest BCUT2D eigenvalue weighted by atomic mass is 32.2. The van der Waals surface area contributed by atoms with Crippen LogP contribution in [0.4, 0.5) is 5.69 Å². The minimum Gasteiger partial charge on any atom is -0.312 e. The van der Waals surface area contributed by atoms with Gasteiger partial charge < -0.3 is 9.47 Å². The number of anilines is 1. The molecule has 1 aromatic carbocycles. The monoisotopic (exact) mass is 288 g/mol. The summed E-state index contributed by atoms with van der Waals surface area (Å²) in [6.07, 6.45) is 3.72. The van der Waals surface area contributed by atoms with Crippen LogP contribution in [0.3, 0.4) is 0 Å². The lowest BCUT2D eigenvalue weighted by molar-refractivity contribution is -0.116. The average molecular weight is 288 g/mol. The molecule has 20 heavy (non-hydrogen) atoms. The zero-order valence-electron chi connectivity index (χ0n) is 11.3. The number of fused-ring (bicyclic) bond motifs is 1. The predicted octanol–water partition coefficient (Wildman–Crippen LogP) is 1.89. The number of nitrogens with zero attached hydrogens (tertiary/aromatic N) is 4. The number of amides is 1. The Hall–Kier alpha value is -1.82. The van der Waals surface area contributed by atoms with E-state index in [-0.39, 0.29) is 5.91 Å². The van der Waals surface area contributed by atoms with E-state index >= 15 is 0 Å². The molecule has 0 spiro atoms. The fraction of sp³-hybridized carbons (Fsp3) is 0.357. The first-order valence-electron chi connectivity index (χ1n) is 6.61. The van der Waals surface area contributed by atoms with Crippen molar-refractivity contribution >= 4 is 23.4 Å². The summed E-state index contributed by atoms with van der Waals surface area (Å²) in [4.78, 5) is 14.3. The van der Waals surface area contributed by atoms with Crippen LogP contribution in [0.2, 0.25) is 0 Å². The molecule has 0 saturated carbocycles. The van der Waals surface area contributed by atoms with Crippen molar-refractivity contribution < 1.29 is 4.79 Å². The van der Waals surface area contributed by atoms with Gasteiger partial charge in [-0.1, -0.05) is 30.0 Å². The number of rotatable bonds is 3. The number of thioether (sulfide) groups is 1. The largest absolute Gasteiger partial charge is 0.312 e. The van der Waals surface area contributed by atoms with Crippen molar-refractivity contribution in [3.63, 3.8) is 0 Å². The molecule has 0 unspecified atom stereocenters. The van der Waals surface area contributed by atoms with E-state index in [1.165, 1.54) is 17.3 Å². The van der Waals surface area contributed by atoms with Crippen molar-refractivity contribution in [1.82, 2.24) is 14.8 Å². The summed E-state index contributed by atoms with van der Waals surface area (Å²) >= 11 is 1.43. The van der Waals surface area contributed by atoms with Crippen LogP contribution in [0.1, 0.15) is 12.0 Å². The van der Waals surface area contributed by atoms with E-state index < -0.39 is 0 Å². The molecule has 0 bridgehead atoms. The van der Waals surface area contributed by atoms with E-state index in [2.05, 4.69) is 16.3 Å². The maximum absolute atomic E-state index is 12.4. The Morgan fingerprint density at radius 2 is 2.25 bits per heavy atom. The Labute approximate surface area is 122 Å². The van der Waals surface area contributed by atoms with Crippen molar-refractivity contribution in [2.24, 2.45) is 7.05 Å². The molecule has 6 heteroatoms. The van der Waals surface area contributed by atoms with Gasteiger partial charge in [0.2, 0.25) is 5.91 Å². The fourth-order valence-electron chi connectivity index (χ4n) is 2.40. The Balaban J connectivity index is 1.71. The second-order valence-electron chi connectivity index (χ2n) is 4.79. The molecule has 104 valence electrons. The van der Waals surface area contributed by atoms with Gasteiger partial charge in [-0.2, -0.15) is 0 Å². The molecule has 1 aliphatic heterocycles. The highest BCUT2D eigenvalue weighted by molar-refractivity contribution is 7.99. The van der Waals surface area contributed by atoms with E-state index in [9.17, 15) is 4.79 Å². The first-order chi connectivity index (χ1) is 9.75. The van der Waals surface area contributed by atoms with Gasteiger partial charge in [0.1, 0.15) is 6.33 Å². The van der Waals surface area contributed by atoms with Crippen LogP contribution >= 0.6 is 11.8 Å². The first-order valence-corrected chi connectivity index (χ1v) is 7.59. The number of carbonyl (C=O) groups is 1. The number of aryl methyl sites for hydroxylation is 2. The van der Waals surface area contributed by atoms with Crippen LogP contribution in [-0.4, -0.2) is 33.0 Å². The van der Waals surface area contributed by atoms with Crippen molar-refractivity contribution in [2.75, 3.05) is 17.2 Å². The standard InChI is InChI=1S/C14H16N4OS/c1-17-10-15-16-14(17)20-9-13(19)18-8-4-6-11-5-2-3-7-12(11)18/h2-3,5,7,10H,4,6,8-9H2,1H3. The van der Waals surface area contributed by atoms with Gasteiger partial charge in [-0.3, -0.25) is 4.79 Å². The fourth-order valence-corrected chi connectivity index (χ4v) is 3.16. The minimum absolute atomic E-state index is 0.130. The van der Waals surface area contributed by atoms with Gasteiger partial charge in [-0.05, 0) is 24.5 Å². The van der Waals surface area contributed by atoms with Crippen LogP contribution in [0.25, 0.3) is 0 Å². The van der Waals surface area contributed by atoms with Gasteiger partial charge in [0, 0.05) is 19.3 Å². The summed E-state index contributed by atoms with van der Waals surface area (Å²) in [6, 6.07) is 8.14. The third kappa shape index (κ3) is 2.56. The van der Waals surface area contributed by atoms with Crippen molar-refractivity contribution in [3.05, 3.63) is 36.2 Å². The summed E-state index contributed by atoms with van der Waals surface area (Å²) in [5.74, 6) is 0.520. The number of para-hydroxylation sites is 1. The van der Waals surface area contributed by atoms with Gasteiger partial charge >= 0.3 is 0 Å². The van der Waals surface area contributed by atoms with Crippen molar-refractivity contribution in [2.45, 2.75) is 18.0 Å². The zero-order valence-corrected chi connectivity index (χ0v) is 12.1. The summed E-state index contributed by atoms with van der Waals surface area (Å²) in [5.41, 5.74) is 2.32. The van der Waals surface area contributed by atoms with Crippen LogP contribution in [-0.2, 0) is 18.3 Å². The molecule has 0 atom stereocenters. The smallest absolute Gasteiger partial charge is 0.237 e. The summed E-state index contributed by atoms with van der Waals surface area (Å²) in [5, 5.41) is 8.56. The van der Waals surface area contributed by atoms with Crippen molar-refractivity contribution in [3.8, 4) is 0 Å². The molecular weight excluding hydrogens is 272 g/mol. The van der Waals surface area contributed by atoms with Crippen LogP contribution in [0.5, 0.6) is 0 Å². The van der Waals surface area contributed by atoms with E-state index in [1.54, 1.807) is 6.33 Å². The molecule has 0 fully saturated rings. The number of aromatic nitrogens is 3. The topological polar surface area (TPSA) is 51.0 Å². The maximum Gasteiger partial charge on any atom is 0.237 e. The molecular formula is C14H16N4OS. The van der Waals surface area contributed by atoms with E-state index in [4.69, 9.17) is 0 Å². The highest BCUT2D eigenvalue weighted by Gasteiger charge is 2.22. The number of benzene rings is 1. The molecule has 2 aromatic rings. The van der Waals surface area contributed by atoms with Gasteiger partial charge in [0.15, 0.2) is 5.16 Å². The van der Waals surface area contributed by atoms with Gasteiger partial charge in [0.25, 0.3) is 0 Å². The van der Waals surface area contributed by atoms with E-state index in [1.807, 2.05) is 34.7 Å². The van der Waals surface area contributed by atoms with Crippen LogP contribution < -0.4 is 4.90 Å². The molecule has 0 aliphatic carbocycles. The molecule has 0 saturated heterocycles. The highest BCUT2D eigenvalue weighted by Crippen LogP contribution is 2.27. The lowest BCUT2D eigenvalue weighted by atomic mass is 10.0. The normalized spacial score (nSPS) is 14.2. The minimum atomic E-state index is 0.130. The lowest BCUT2D eigenvalue weighted by Gasteiger charge is -2.29. The second-order valence-corrected chi connectivity index (χ2v) is 5.73. The van der Waals surface area contributed by atoms with Gasteiger partial charge in [0.05, 0.1) is 5.75 Å². The molecule has 2 heterocycles. The molecule has 5 nitrogen and oxygen atoms in total. The third-order valence-corrected chi connectivity index (χ3v) is 4.43. The molecule has 1 aliphatic rings. The van der Waals surface area contributed by atoms with Crippen LogP contribution in [0, 0.1) is 0 Å². The van der Waals surface area contributed by atoms with E-state index in [0.29, 0.717) is 5.75 Å². The molecule has 0 radical (unpaired) electrons. The zero-order chi connectivity index (χ0) is 13.9. The first kappa shape index (κ1) is 13.2. The summed E-state index contributed by atoms with van der Waals surface area (Å²) in [7, 11) is 1.88. The average Bonchev–Trinajstić information content (AvgIpc) is 2.89.